The fourth-order valence-electron chi connectivity index (χ4n) is 3.46. The molecular weight excluding hydrogens is 308 g/mol. The molecule has 0 bridgehead atoms. The number of hydrogen-bond acceptors (Lipinski definition) is 4. The highest BCUT2D eigenvalue weighted by Gasteiger charge is 2.38. The van der Waals surface area contributed by atoms with Crippen LogP contribution in [0, 0.1) is 6.92 Å². The van der Waals surface area contributed by atoms with Crippen LogP contribution in [0.2, 0.25) is 0 Å². The summed E-state index contributed by atoms with van der Waals surface area (Å²) in [6.07, 6.45) is 8.36. The number of carboxylic acids is 1. The third kappa shape index (κ3) is 3.04. The van der Waals surface area contributed by atoms with E-state index >= 15 is 0 Å². The smallest absolute Gasteiger partial charge is 0.311 e. The largest absolute Gasteiger partial charge is 0.481 e. The van der Waals surface area contributed by atoms with Gasteiger partial charge < -0.3 is 14.8 Å². The lowest BCUT2D eigenvalue weighted by Crippen LogP contribution is -2.44. The molecule has 2 N–H and O–H groups in total. The number of aryl methyl sites for hydroxylation is 1. The minimum Gasteiger partial charge on any atom is -0.481 e. The van der Waals surface area contributed by atoms with Gasteiger partial charge in [0.15, 0.2) is 0 Å². The summed E-state index contributed by atoms with van der Waals surface area (Å²) in [5, 5.41) is 12.1. The van der Waals surface area contributed by atoms with Gasteiger partial charge >= 0.3 is 5.97 Å². The van der Waals surface area contributed by atoms with E-state index in [9.17, 15) is 9.59 Å². The van der Waals surface area contributed by atoms with Gasteiger partial charge in [0.25, 0.3) is 5.91 Å². The highest BCUT2D eigenvalue weighted by Crippen LogP contribution is 2.39. The van der Waals surface area contributed by atoms with Gasteiger partial charge in [-0.2, -0.15) is 0 Å². The lowest BCUT2D eigenvalue weighted by Gasteiger charge is -2.30. The van der Waals surface area contributed by atoms with Gasteiger partial charge in [0.05, 0.1) is 17.4 Å². The molecule has 1 aliphatic carbocycles. The monoisotopic (exact) mass is 328 g/mol. The van der Waals surface area contributed by atoms with Gasteiger partial charge in [0, 0.05) is 18.0 Å². The topological polar surface area (TPSA) is 92.4 Å². The quantitative estimate of drug-likeness (QED) is 0.880. The maximum atomic E-state index is 12.9. The second-order valence-electron chi connectivity index (χ2n) is 6.27. The van der Waals surface area contributed by atoms with Gasteiger partial charge in [-0.3, -0.25) is 14.6 Å². The molecule has 0 aliphatic heterocycles. The van der Waals surface area contributed by atoms with Crippen molar-refractivity contribution in [1.29, 1.82) is 0 Å². The van der Waals surface area contributed by atoms with Gasteiger partial charge in [-0.05, 0) is 31.4 Å². The summed E-state index contributed by atoms with van der Waals surface area (Å²) < 4.78 is 5.28. The zero-order valence-electron chi connectivity index (χ0n) is 13.5. The number of aliphatic carboxylic acids is 1. The standard InChI is InChI=1S/C18H20N2O4/c1-12-11-24-14(9-15(21)22)16(12)17(23)20-18(6-2-3-7-18)13-5-4-8-19-10-13/h4-5,8,10-11H,2-3,6-7,9H2,1H3,(H,20,23)(H,21,22). The van der Waals surface area contributed by atoms with Crippen molar-refractivity contribution in [3.05, 3.63) is 53.2 Å². The first-order valence-electron chi connectivity index (χ1n) is 8.03. The molecule has 0 saturated heterocycles. The van der Waals surface area contributed by atoms with E-state index in [0.29, 0.717) is 11.1 Å². The molecule has 6 nitrogen and oxygen atoms in total. The van der Waals surface area contributed by atoms with Crippen LogP contribution in [0.25, 0.3) is 0 Å². The summed E-state index contributed by atoms with van der Waals surface area (Å²) in [5.41, 5.74) is 1.50. The minimum absolute atomic E-state index is 0.192. The normalized spacial score (nSPS) is 16.0. The SMILES string of the molecule is Cc1coc(CC(=O)O)c1C(=O)NC1(c2cccnc2)CCCC1. The van der Waals surface area contributed by atoms with Gasteiger partial charge in [0.1, 0.15) is 12.2 Å². The highest BCUT2D eigenvalue weighted by atomic mass is 16.4. The van der Waals surface area contributed by atoms with Crippen molar-refractivity contribution in [2.24, 2.45) is 0 Å². The van der Waals surface area contributed by atoms with Crippen LogP contribution in [0.3, 0.4) is 0 Å². The number of aromatic nitrogens is 1. The molecule has 0 spiro atoms. The molecule has 3 rings (SSSR count). The predicted molar refractivity (Wildman–Crippen MR) is 86.6 cm³/mol. The second kappa shape index (κ2) is 6.47. The van der Waals surface area contributed by atoms with E-state index in [1.54, 1.807) is 19.3 Å². The van der Waals surface area contributed by atoms with Crippen molar-refractivity contribution in [3.8, 4) is 0 Å². The maximum Gasteiger partial charge on any atom is 0.311 e. The predicted octanol–water partition coefficient (Wildman–Crippen LogP) is 2.81. The summed E-state index contributed by atoms with van der Waals surface area (Å²) >= 11 is 0. The Morgan fingerprint density at radius 2 is 2.12 bits per heavy atom. The molecule has 1 amide bonds. The molecule has 1 aliphatic rings. The number of rotatable bonds is 5. The third-order valence-electron chi connectivity index (χ3n) is 4.61. The number of nitrogens with one attached hydrogen (secondary N) is 1. The molecule has 24 heavy (non-hydrogen) atoms. The van der Waals surface area contributed by atoms with Crippen LogP contribution < -0.4 is 5.32 Å². The zero-order chi connectivity index (χ0) is 17.2. The number of carbonyl (C=O) groups excluding carboxylic acids is 1. The molecule has 0 aromatic carbocycles. The Hall–Kier alpha value is -2.63. The molecule has 1 fully saturated rings. The van der Waals surface area contributed by atoms with E-state index in [1.165, 1.54) is 6.26 Å². The van der Waals surface area contributed by atoms with Crippen molar-refractivity contribution < 1.29 is 19.1 Å². The van der Waals surface area contributed by atoms with Gasteiger partial charge in [-0.15, -0.1) is 0 Å². The van der Waals surface area contributed by atoms with Crippen LogP contribution >= 0.6 is 0 Å². The summed E-state index contributed by atoms with van der Waals surface area (Å²) in [6, 6.07) is 3.83. The molecule has 2 heterocycles. The van der Waals surface area contributed by atoms with E-state index in [4.69, 9.17) is 9.52 Å². The van der Waals surface area contributed by atoms with E-state index < -0.39 is 11.5 Å². The Balaban J connectivity index is 1.91. The Morgan fingerprint density at radius 1 is 1.38 bits per heavy atom. The van der Waals surface area contributed by atoms with Crippen molar-refractivity contribution in [2.45, 2.75) is 44.6 Å². The van der Waals surface area contributed by atoms with Crippen molar-refractivity contribution in [3.63, 3.8) is 0 Å². The maximum absolute atomic E-state index is 12.9. The van der Waals surface area contributed by atoms with Crippen LogP contribution in [-0.4, -0.2) is 22.0 Å². The van der Waals surface area contributed by atoms with Gasteiger partial charge in [-0.1, -0.05) is 18.9 Å². The number of carboxylic acid groups (broad SMARTS) is 1. The number of carbonyl (C=O) groups is 2. The molecule has 0 radical (unpaired) electrons. The van der Waals surface area contributed by atoms with Crippen LogP contribution in [0.5, 0.6) is 0 Å². The summed E-state index contributed by atoms with van der Waals surface area (Å²) in [5.74, 6) is -1.12. The molecular formula is C18H20N2O4. The molecule has 126 valence electrons. The fraction of sp³-hybridized carbons (Fsp3) is 0.389. The molecule has 6 heteroatoms. The Bertz CT molecular complexity index is 746. The van der Waals surface area contributed by atoms with E-state index in [-0.39, 0.29) is 18.1 Å². The Morgan fingerprint density at radius 3 is 2.75 bits per heavy atom. The van der Waals surface area contributed by atoms with Gasteiger partial charge in [-0.25, -0.2) is 0 Å². The molecule has 2 aromatic rings. The Kier molecular flexibility index (Phi) is 4.38. The van der Waals surface area contributed by atoms with Crippen molar-refractivity contribution in [2.75, 3.05) is 0 Å². The molecule has 2 aromatic heterocycles. The second-order valence-corrected chi connectivity index (χ2v) is 6.27. The first-order valence-corrected chi connectivity index (χ1v) is 8.03. The van der Waals surface area contributed by atoms with Crippen molar-refractivity contribution in [1.82, 2.24) is 10.3 Å². The van der Waals surface area contributed by atoms with Crippen LogP contribution in [0.15, 0.2) is 35.2 Å². The van der Waals surface area contributed by atoms with Crippen LogP contribution in [0.4, 0.5) is 0 Å². The van der Waals surface area contributed by atoms with Crippen molar-refractivity contribution >= 4 is 11.9 Å². The lowest BCUT2D eigenvalue weighted by molar-refractivity contribution is -0.136. The average Bonchev–Trinajstić information content (AvgIpc) is 3.16. The van der Waals surface area contributed by atoms with E-state index in [0.717, 1.165) is 31.2 Å². The molecule has 0 unspecified atom stereocenters. The zero-order valence-corrected chi connectivity index (χ0v) is 13.5. The summed E-state index contributed by atoms with van der Waals surface area (Å²) in [6.45, 7) is 1.75. The van der Waals surface area contributed by atoms with Crippen LogP contribution in [-0.2, 0) is 16.8 Å². The third-order valence-corrected chi connectivity index (χ3v) is 4.61. The average molecular weight is 328 g/mol. The number of pyridine rings is 1. The molecule has 1 saturated carbocycles. The Labute approximate surface area is 139 Å². The lowest BCUT2D eigenvalue weighted by atomic mass is 9.88. The van der Waals surface area contributed by atoms with E-state index in [1.807, 2.05) is 12.1 Å². The van der Waals surface area contributed by atoms with Crippen LogP contribution in [0.1, 0.15) is 52.9 Å². The first kappa shape index (κ1) is 16.2. The first-order chi connectivity index (χ1) is 11.5. The summed E-state index contributed by atoms with van der Waals surface area (Å²) in [4.78, 5) is 28.0. The van der Waals surface area contributed by atoms with Gasteiger partial charge in [0.2, 0.25) is 0 Å². The highest BCUT2D eigenvalue weighted by molar-refractivity contribution is 5.98. The number of hydrogen-bond donors (Lipinski definition) is 2. The van der Waals surface area contributed by atoms with E-state index in [2.05, 4.69) is 10.3 Å². The minimum atomic E-state index is -1.03. The number of amides is 1. The summed E-state index contributed by atoms with van der Waals surface area (Å²) in [7, 11) is 0. The number of furan rings is 1. The number of nitrogens with zero attached hydrogens (tertiary/aromatic N) is 1. The fourth-order valence-corrected chi connectivity index (χ4v) is 3.46. The molecule has 0 atom stereocenters.